The number of amides is 6. The lowest BCUT2D eigenvalue weighted by Gasteiger charge is -2.20. The fourth-order valence-electron chi connectivity index (χ4n) is 5.54. The molecule has 0 aliphatic carbocycles. The lowest BCUT2D eigenvalue weighted by atomic mass is 10.0. The van der Waals surface area contributed by atoms with Crippen LogP contribution in [0.2, 0.25) is 0 Å². The molecule has 7 N–H and O–H groups in total. The van der Waals surface area contributed by atoms with Gasteiger partial charge in [0.25, 0.3) is 29.5 Å². The van der Waals surface area contributed by atoms with E-state index in [-0.39, 0.29) is 75.6 Å². The number of nitrogens with zero attached hydrogens (tertiary/aromatic N) is 5. The Morgan fingerprint density at radius 3 is 2.23 bits per heavy atom. The number of primary amides is 1. The van der Waals surface area contributed by atoms with Gasteiger partial charge in [0.05, 0.1) is 18.3 Å². The van der Waals surface area contributed by atoms with Crippen LogP contribution < -0.4 is 32.3 Å². The summed E-state index contributed by atoms with van der Waals surface area (Å²) >= 11 is 2.26. The molecule has 21 heteroatoms. The first-order valence-electron chi connectivity index (χ1n) is 17.4. The number of aromatic nitrogens is 5. The molecule has 0 spiro atoms. The van der Waals surface area contributed by atoms with Crippen LogP contribution in [0, 0.1) is 19.8 Å². The van der Waals surface area contributed by atoms with Crippen LogP contribution in [0.4, 0.5) is 0 Å². The fourth-order valence-corrected chi connectivity index (χ4v) is 7.17. The summed E-state index contributed by atoms with van der Waals surface area (Å²) in [6, 6.07) is 0.529. The molecular weight excluding hydrogens is 779 g/mol. The summed E-state index contributed by atoms with van der Waals surface area (Å²) in [6.45, 7) is 13.3. The zero-order chi connectivity index (χ0) is 41.3. The summed E-state index contributed by atoms with van der Waals surface area (Å²) in [5, 5.41) is 17.2. The second kappa shape index (κ2) is 16.2. The quantitative estimate of drug-likeness (QED) is 0.143. The minimum Gasteiger partial charge on any atom is -0.443 e. The Morgan fingerprint density at radius 2 is 1.51 bits per heavy atom. The van der Waals surface area contributed by atoms with E-state index in [4.69, 9.17) is 14.6 Å². The molecule has 1 aliphatic heterocycles. The van der Waals surface area contributed by atoms with Crippen molar-refractivity contribution in [1.82, 2.24) is 51.5 Å². The molecule has 1 aliphatic rings. The van der Waals surface area contributed by atoms with Crippen LogP contribution >= 0.6 is 22.7 Å². The number of thiazole rings is 2. The largest absolute Gasteiger partial charge is 0.443 e. The summed E-state index contributed by atoms with van der Waals surface area (Å²) in [4.78, 5) is 101. The van der Waals surface area contributed by atoms with Gasteiger partial charge in [0.1, 0.15) is 62.1 Å². The SMILES string of the molecule is C=C(NC(=O)c1ccc2c(n1)-c1nc(oc1C)C(C)NC(=O)c1csc(n1)C(C)NC(=O)c1nc(oc1C)CNC(=O)C(C(C)C)NC(=O)c1csc-2n1)C(N)=O. The number of rotatable bonds is 4. The van der Waals surface area contributed by atoms with Crippen molar-refractivity contribution in [3.63, 3.8) is 0 Å². The number of carbonyl (C=O) groups excluding carboxylic acids is 6. The van der Waals surface area contributed by atoms with E-state index in [1.165, 1.54) is 22.8 Å². The normalized spacial score (nSPS) is 17.8. The average molecular weight is 816 g/mol. The van der Waals surface area contributed by atoms with E-state index in [0.717, 1.165) is 11.3 Å². The predicted molar refractivity (Wildman–Crippen MR) is 204 cm³/mol. The summed E-state index contributed by atoms with van der Waals surface area (Å²) in [5.74, 6) is -3.68. The zero-order valence-electron chi connectivity index (χ0n) is 31.4. The predicted octanol–water partition coefficient (Wildman–Crippen LogP) is 3.02. The van der Waals surface area contributed by atoms with Gasteiger partial charge in [-0.2, -0.15) is 0 Å². The molecule has 6 rings (SSSR count). The smallest absolute Gasteiger partial charge is 0.274 e. The van der Waals surface area contributed by atoms with Crippen LogP contribution in [-0.2, 0) is 16.1 Å². The van der Waals surface area contributed by atoms with Crippen LogP contribution in [0.1, 0.15) is 110 Å². The van der Waals surface area contributed by atoms with Crippen LogP contribution in [-0.4, -0.2) is 66.4 Å². The second-order valence-corrected chi connectivity index (χ2v) is 15.0. The Hall–Kier alpha value is -6.61. The topological polar surface area (TPSA) is 279 Å². The van der Waals surface area contributed by atoms with Crippen molar-refractivity contribution < 1.29 is 37.6 Å². The third-order valence-corrected chi connectivity index (χ3v) is 10.5. The third-order valence-electron chi connectivity index (χ3n) is 8.59. The Balaban J connectivity index is 1.40. The Kier molecular flexibility index (Phi) is 11.4. The Morgan fingerprint density at radius 1 is 0.842 bits per heavy atom. The van der Waals surface area contributed by atoms with Crippen molar-refractivity contribution in [2.75, 3.05) is 0 Å². The first-order valence-corrected chi connectivity index (χ1v) is 19.1. The molecule has 0 saturated carbocycles. The Labute approximate surface area is 332 Å². The van der Waals surface area contributed by atoms with E-state index in [1.54, 1.807) is 53.0 Å². The molecule has 19 nitrogen and oxygen atoms in total. The minimum atomic E-state index is -0.993. The lowest BCUT2D eigenvalue weighted by Crippen LogP contribution is -2.49. The van der Waals surface area contributed by atoms with Gasteiger partial charge in [-0.05, 0) is 45.7 Å². The highest BCUT2D eigenvalue weighted by Crippen LogP contribution is 2.35. The number of oxazole rings is 2. The van der Waals surface area contributed by atoms with Crippen LogP contribution in [0.15, 0.2) is 44.0 Å². The molecule has 3 atom stereocenters. The number of pyridine rings is 1. The molecule has 0 saturated heterocycles. The molecule has 0 radical (unpaired) electrons. The molecule has 5 aromatic rings. The minimum absolute atomic E-state index is 0.00674. The second-order valence-electron chi connectivity index (χ2n) is 13.3. The molecule has 57 heavy (non-hydrogen) atoms. The van der Waals surface area contributed by atoms with Crippen molar-refractivity contribution in [3.8, 4) is 22.0 Å². The summed E-state index contributed by atoms with van der Waals surface area (Å²) < 4.78 is 11.7. The van der Waals surface area contributed by atoms with Crippen molar-refractivity contribution in [2.45, 2.75) is 66.2 Å². The van der Waals surface area contributed by atoms with Gasteiger partial charge in [0.2, 0.25) is 17.7 Å². The van der Waals surface area contributed by atoms with Gasteiger partial charge in [-0.1, -0.05) is 20.4 Å². The van der Waals surface area contributed by atoms with Gasteiger partial charge < -0.3 is 41.2 Å². The van der Waals surface area contributed by atoms with Gasteiger partial charge in [0.15, 0.2) is 5.69 Å². The maximum absolute atomic E-state index is 13.5. The van der Waals surface area contributed by atoms with E-state index >= 15 is 0 Å². The molecule has 0 aromatic carbocycles. The Bertz CT molecular complexity index is 2450. The van der Waals surface area contributed by atoms with Gasteiger partial charge >= 0.3 is 0 Å². The highest BCUT2D eigenvalue weighted by atomic mass is 32.1. The fraction of sp³-hybridized carbons (Fsp3) is 0.306. The highest BCUT2D eigenvalue weighted by molar-refractivity contribution is 7.13. The third kappa shape index (κ3) is 8.63. The summed E-state index contributed by atoms with van der Waals surface area (Å²) in [6.07, 6.45) is 0. The molecule has 0 fully saturated rings. The number of carbonyl (C=O) groups is 6. The van der Waals surface area contributed by atoms with Gasteiger partial charge in [-0.3, -0.25) is 28.8 Å². The van der Waals surface area contributed by atoms with Crippen molar-refractivity contribution in [3.05, 3.63) is 86.3 Å². The van der Waals surface area contributed by atoms with E-state index in [0.29, 0.717) is 15.6 Å². The van der Waals surface area contributed by atoms with Gasteiger partial charge in [0, 0.05) is 16.3 Å². The van der Waals surface area contributed by atoms with Crippen molar-refractivity contribution >= 4 is 58.1 Å². The number of hydrogen-bond donors (Lipinski definition) is 6. The standard InChI is InChI=1S/C36H37N11O8S2/c1-13(2)24-32(52)38-10-23-45-26(18(7)54-23)33(53)41-16(5)35-43-21(11-56-35)30(50)40-15(4)34-47-25(17(6)55-34)27-19(36-44-22(12-57-36)31(51)46-24)8-9-20(42-27)29(49)39-14(3)28(37)48/h8-9,11-13,15-16,24H,3,10H2,1-2,4-7H3,(H2,37,48)(H,38,52)(H,39,49)(H,40,50)(H,41,53)(H,46,51). The van der Waals surface area contributed by atoms with Gasteiger partial charge in [-0.25, -0.2) is 24.9 Å². The van der Waals surface area contributed by atoms with Crippen LogP contribution in [0.25, 0.3) is 22.0 Å². The number of nitrogens with one attached hydrogen (secondary N) is 5. The molecule has 3 unspecified atom stereocenters. The van der Waals surface area contributed by atoms with E-state index in [2.05, 4.69) is 58.1 Å². The first kappa shape index (κ1) is 40.1. The highest BCUT2D eigenvalue weighted by Gasteiger charge is 2.29. The summed E-state index contributed by atoms with van der Waals surface area (Å²) in [5.41, 5.74) is 5.54. The maximum atomic E-state index is 13.5. The van der Waals surface area contributed by atoms with Crippen molar-refractivity contribution in [2.24, 2.45) is 11.7 Å². The van der Waals surface area contributed by atoms with E-state index in [1.807, 2.05) is 0 Å². The molecule has 296 valence electrons. The van der Waals surface area contributed by atoms with Gasteiger partial charge in [-0.15, -0.1) is 22.7 Å². The average Bonchev–Trinajstić information content (AvgIpc) is 3.98. The summed E-state index contributed by atoms with van der Waals surface area (Å²) in [7, 11) is 0. The lowest BCUT2D eigenvalue weighted by molar-refractivity contribution is -0.124. The number of hydrogen-bond acceptors (Lipinski definition) is 15. The molecule has 6 amide bonds. The zero-order valence-corrected chi connectivity index (χ0v) is 33.1. The van der Waals surface area contributed by atoms with E-state index in [9.17, 15) is 28.8 Å². The first-order chi connectivity index (χ1) is 27.0. The molecular formula is C36H37N11O8S2. The number of nitrogens with two attached hydrogens (primary N) is 1. The number of aryl methyl sites for hydroxylation is 2. The van der Waals surface area contributed by atoms with Crippen molar-refractivity contribution in [1.29, 1.82) is 0 Å². The van der Waals surface area contributed by atoms with Crippen LogP contribution in [0.5, 0.6) is 0 Å². The van der Waals surface area contributed by atoms with Crippen LogP contribution in [0.3, 0.4) is 0 Å². The number of fused-ring (bicyclic) bond motifs is 11. The molecule has 5 aromatic heterocycles. The molecule has 8 bridgehead atoms. The monoisotopic (exact) mass is 815 g/mol. The maximum Gasteiger partial charge on any atom is 0.274 e. The van der Waals surface area contributed by atoms with E-state index < -0.39 is 53.6 Å². The molecule has 6 heterocycles.